The summed E-state index contributed by atoms with van der Waals surface area (Å²) in [6.07, 6.45) is 4.12. The number of aryl methyl sites for hydroxylation is 1. The standard InChI is InChI=1S/C41H47N5O4/c1-40(2,3)50-39(47)46-24-12-22-41(29-46)21-11-23-45(28-41)32-17-18-33-35(25-32)44(4)43-37(33)34-19-20-36(48-26-30-13-7-5-8-14-30)42-38(34)49-27-31-15-9-6-10-16-31/h5-10,13-20,25H,11-12,21-24,26-29H2,1-4H3. The van der Waals surface area contributed by atoms with Gasteiger partial charge >= 0.3 is 6.09 Å². The largest absolute Gasteiger partial charge is 0.473 e. The second-order valence-corrected chi connectivity index (χ2v) is 14.8. The van der Waals surface area contributed by atoms with Crippen LogP contribution in [-0.4, -0.2) is 57.5 Å². The quantitative estimate of drug-likeness (QED) is 0.164. The molecular formula is C41H47N5O4. The van der Waals surface area contributed by atoms with Gasteiger partial charge in [-0.2, -0.15) is 10.1 Å². The van der Waals surface area contributed by atoms with E-state index in [4.69, 9.17) is 24.3 Å². The van der Waals surface area contributed by atoms with Gasteiger partial charge in [-0.1, -0.05) is 60.7 Å². The molecule has 3 aromatic carbocycles. The topological polar surface area (TPSA) is 82.0 Å². The predicted molar refractivity (Wildman–Crippen MR) is 196 cm³/mol. The summed E-state index contributed by atoms with van der Waals surface area (Å²) < 4.78 is 20.2. The van der Waals surface area contributed by atoms with Gasteiger partial charge in [-0.25, -0.2) is 4.79 Å². The van der Waals surface area contributed by atoms with Crippen molar-refractivity contribution in [1.29, 1.82) is 0 Å². The zero-order valence-corrected chi connectivity index (χ0v) is 29.6. The van der Waals surface area contributed by atoms with E-state index in [2.05, 4.69) is 23.1 Å². The molecule has 9 nitrogen and oxygen atoms in total. The number of carbonyl (C=O) groups excluding carboxylic acids is 1. The molecule has 2 saturated heterocycles. The fourth-order valence-corrected chi connectivity index (χ4v) is 7.34. The van der Waals surface area contributed by atoms with Crippen LogP contribution in [0.2, 0.25) is 0 Å². The second-order valence-electron chi connectivity index (χ2n) is 14.8. The lowest BCUT2D eigenvalue weighted by Gasteiger charge is -2.49. The number of ether oxygens (including phenoxy) is 3. The van der Waals surface area contributed by atoms with Crippen LogP contribution in [0.25, 0.3) is 22.2 Å². The number of piperidine rings is 2. The van der Waals surface area contributed by atoms with Crippen LogP contribution >= 0.6 is 0 Å². The van der Waals surface area contributed by atoms with Crippen molar-refractivity contribution in [2.24, 2.45) is 12.5 Å². The molecule has 0 N–H and O–H groups in total. The number of likely N-dealkylation sites (tertiary alicyclic amines) is 1. The minimum absolute atomic E-state index is 0.0565. The fraction of sp³-hybridized carbons (Fsp3) is 0.390. The molecule has 0 saturated carbocycles. The molecule has 0 aliphatic carbocycles. The average molecular weight is 674 g/mol. The van der Waals surface area contributed by atoms with Gasteiger partial charge in [0.25, 0.3) is 0 Å². The fourth-order valence-electron chi connectivity index (χ4n) is 7.34. The minimum Gasteiger partial charge on any atom is -0.473 e. The molecule has 1 amide bonds. The lowest BCUT2D eigenvalue weighted by molar-refractivity contribution is 0.00152. The molecular weight excluding hydrogens is 626 g/mol. The maximum atomic E-state index is 13.0. The molecule has 2 aliphatic rings. The third kappa shape index (κ3) is 7.57. The molecule has 2 aliphatic heterocycles. The van der Waals surface area contributed by atoms with Gasteiger partial charge in [-0.15, -0.1) is 0 Å². The van der Waals surface area contributed by atoms with Gasteiger partial charge in [-0.3, -0.25) is 4.68 Å². The highest BCUT2D eigenvalue weighted by Gasteiger charge is 2.41. The lowest BCUT2D eigenvalue weighted by atomic mass is 9.73. The van der Waals surface area contributed by atoms with Gasteiger partial charge < -0.3 is 24.0 Å². The highest BCUT2D eigenvalue weighted by molar-refractivity contribution is 5.96. The molecule has 1 atom stereocenters. The first kappa shape index (κ1) is 33.4. The number of aromatic nitrogens is 3. The van der Waals surface area contributed by atoms with Gasteiger partial charge in [0.2, 0.25) is 11.8 Å². The molecule has 50 heavy (non-hydrogen) atoms. The summed E-state index contributed by atoms with van der Waals surface area (Å²) in [6.45, 7) is 9.96. The Morgan fingerprint density at radius 3 is 2.20 bits per heavy atom. The summed E-state index contributed by atoms with van der Waals surface area (Å²) in [5.74, 6) is 0.975. The van der Waals surface area contributed by atoms with E-state index >= 15 is 0 Å². The molecule has 4 heterocycles. The van der Waals surface area contributed by atoms with Crippen molar-refractivity contribution in [2.75, 3.05) is 31.1 Å². The molecule has 0 bridgehead atoms. The first-order valence-electron chi connectivity index (χ1n) is 17.7. The van der Waals surface area contributed by atoms with Crippen LogP contribution in [0.4, 0.5) is 10.5 Å². The smallest absolute Gasteiger partial charge is 0.410 e. The van der Waals surface area contributed by atoms with E-state index in [0.29, 0.717) is 25.0 Å². The summed E-state index contributed by atoms with van der Waals surface area (Å²) in [6, 6.07) is 30.7. The summed E-state index contributed by atoms with van der Waals surface area (Å²) in [4.78, 5) is 22.3. The van der Waals surface area contributed by atoms with E-state index in [1.165, 1.54) is 5.69 Å². The SMILES string of the molecule is Cn1nc(-c2ccc(OCc3ccccc3)nc2OCc2ccccc2)c2ccc(N3CCCC4(CCCN(C(=O)OC(C)(C)C)C4)C3)cc21. The third-order valence-electron chi connectivity index (χ3n) is 9.71. The van der Waals surface area contributed by atoms with E-state index in [9.17, 15) is 4.79 Å². The Kier molecular flexibility index (Phi) is 9.40. The lowest BCUT2D eigenvalue weighted by Crippen LogP contribution is -2.54. The zero-order chi connectivity index (χ0) is 34.7. The van der Waals surface area contributed by atoms with Crippen LogP contribution < -0.4 is 14.4 Å². The van der Waals surface area contributed by atoms with E-state index in [0.717, 1.165) is 85.1 Å². The Labute approximate surface area is 294 Å². The summed E-state index contributed by atoms with van der Waals surface area (Å²) in [7, 11) is 1.99. The van der Waals surface area contributed by atoms with E-state index < -0.39 is 5.60 Å². The van der Waals surface area contributed by atoms with Crippen molar-refractivity contribution in [3.8, 4) is 23.0 Å². The molecule has 0 radical (unpaired) electrons. The number of amides is 1. The highest BCUT2D eigenvalue weighted by atomic mass is 16.6. The zero-order valence-electron chi connectivity index (χ0n) is 29.6. The predicted octanol–water partition coefficient (Wildman–Crippen LogP) is 8.41. The molecule has 2 fully saturated rings. The van der Waals surface area contributed by atoms with Gasteiger partial charge in [-0.05, 0) is 81.8 Å². The molecule has 9 heteroatoms. The molecule has 2 aromatic heterocycles. The number of nitrogens with zero attached hydrogens (tertiary/aromatic N) is 5. The number of hydrogen-bond donors (Lipinski definition) is 0. The van der Waals surface area contributed by atoms with Crippen molar-refractivity contribution in [3.63, 3.8) is 0 Å². The van der Waals surface area contributed by atoms with Crippen LogP contribution in [-0.2, 0) is 25.0 Å². The number of hydrogen-bond acceptors (Lipinski definition) is 7. The number of anilines is 1. The summed E-state index contributed by atoms with van der Waals surface area (Å²) >= 11 is 0. The first-order chi connectivity index (χ1) is 24.1. The van der Waals surface area contributed by atoms with E-state index in [1.54, 1.807) is 0 Å². The Bertz CT molecular complexity index is 1930. The molecule has 260 valence electrons. The summed E-state index contributed by atoms with van der Waals surface area (Å²) in [5, 5.41) is 6.04. The Morgan fingerprint density at radius 2 is 1.50 bits per heavy atom. The molecule has 7 rings (SSSR count). The molecule has 1 spiro atoms. The van der Waals surface area contributed by atoms with Gasteiger partial charge in [0.15, 0.2) is 0 Å². The van der Waals surface area contributed by atoms with Crippen LogP contribution in [0, 0.1) is 5.41 Å². The summed E-state index contributed by atoms with van der Waals surface area (Å²) in [5.41, 5.74) is 5.51. The van der Waals surface area contributed by atoms with Crippen LogP contribution in [0.5, 0.6) is 11.8 Å². The van der Waals surface area contributed by atoms with Crippen LogP contribution in [0.1, 0.15) is 57.6 Å². The number of pyridine rings is 1. The van der Waals surface area contributed by atoms with Crippen molar-refractivity contribution in [1.82, 2.24) is 19.7 Å². The number of fused-ring (bicyclic) bond motifs is 1. The van der Waals surface area contributed by atoms with Crippen LogP contribution in [0.3, 0.4) is 0 Å². The van der Waals surface area contributed by atoms with Gasteiger partial charge in [0, 0.05) is 55.8 Å². The maximum absolute atomic E-state index is 13.0. The number of carbonyl (C=O) groups is 1. The first-order valence-corrected chi connectivity index (χ1v) is 17.7. The van der Waals surface area contributed by atoms with Crippen molar-refractivity contribution in [3.05, 3.63) is 102 Å². The number of benzene rings is 3. The van der Waals surface area contributed by atoms with Crippen LogP contribution in [0.15, 0.2) is 91.0 Å². The normalized spacial score (nSPS) is 18.0. The Morgan fingerprint density at radius 1 is 0.820 bits per heavy atom. The third-order valence-corrected chi connectivity index (χ3v) is 9.71. The maximum Gasteiger partial charge on any atom is 0.410 e. The number of rotatable bonds is 8. The van der Waals surface area contributed by atoms with Crippen molar-refractivity contribution in [2.45, 2.75) is 65.3 Å². The highest BCUT2D eigenvalue weighted by Crippen LogP contribution is 2.42. The van der Waals surface area contributed by atoms with Crippen molar-refractivity contribution < 1.29 is 19.0 Å². The Hall–Kier alpha value is -5.05. The molecule has 5 aromatic rings. The molecule has 1 unspecified atom stereocenters. The minimum atomic E-state index is -0.499. The van der Waals surface area contributed by atoms with Gasteiger partial charge in [0.05, 0.1) is 11.1 Å². The second kappa shape index (κ2) is 14.1. The van der Waals surface area contributed by atoms with Gasteiger partial charge in [0.1, 0.15) is 24.5 Å². The average Bonchev–Trinajstić information content (AvgIpc) is 3.45. The van der Waals surface area contributed by atoms with E-state index in [-0.39, 0.29) is 11.5 Å². The van der Waals surface area contributed by atoms with Crippen molar-refractivity contribution >= 4 is 22.7 Å². The Balaban J connectivity index is 1.14. The monoisotopic (exact) mass is 673 g/mol. The van der Waals surface area contributed by atoms with E-state index in [1.807, 2.05) is 110 Å².